The Labute approximate surface area is 337 Å². The van der Waals surface area contributed by atoms with Gasteiger partial charge in [0.15, 0.2) is 6.10 Å². The molecule has 0 unspecified atom stereocenters. The van der Waals surface area contributed by atoms with Crippen molar-refractivity contribution in [3.63, 3.8) is 0 Å². The van der Waals surface area contributed by atoms with Crippen molar-refractivity contribution in [3.8, 4) is 0 Å². The van der Waals surface area contributed by atoms with Gasteiger partial charge in [-0.05, 0) is 38.5 Å². The lowest BCUT2D eigenvalue weighted by molar-refractivity contribution is -0.161. The van der Waals surface area contributed by atoms with Crippen molar-refractivity contribution >= 4 is 11.9 Å². The molecule has 0 bridgehead atoms. The van der Waals surface area contributed by atoms with E-state index in [0.29, 0.717) is 12.8 Å². The largest absolute Gasteiger partial charge is 0.462 e. The SMILES string of the molecule is CCCCCCCC/C=C/CCCCCCCCCCCC(=O)O[C@@H](CO)COC(=O)CCCCCCCCCCCCCCCCCCCCCCC. The van der Waals surface area contributed by atoms with E-state index in [9.17, 15) is 14.7 Å². The van der Waals surface area contributed by atoms with Gasteiger partial charge in [0.2, 0.25) is 0 Å². The lowest BCUT2D eigenvalue weighted by Crippen LogP contribution is -2.28. The molecule has 1 N–H and O–H groups in total. The van der Waals surface area contributed by atoms with Crippen molar-refractivity contribution in [2.75, 3.05) is 13.2 Å². The van der Waals surface area contributed by atoms with Crippen molar-refractivity contribution in [3.05, 3.63) is 12.2 Å². The lowest BCUT2D eigenvalue weighted by Gasteiger charge is -2.15. The second-order valence-corrected chi connectivity index (χ2v) is 16.5. The normalized spacial score (nSPS) is 12.1. The molecule has 0 amide bonds. The molecule has 5 nitrogen and oxygen atoms in total. The van der Waals surface area contributed by atoms with Crippen LogP contribution >= 0.6 is 0 Å². The first-order chi connectivity index (χ1) is 26.6. The Morgan fingerprint density at radius 2 is 0.685 bits per heavy atom. The van der Waals surface area contributed by atoms with Gasteiger partial charge in [0.25, 0.3) is 0 Å². The van der Waals surface area contributed by atoms with Crippen LogP contribution in [0.1, 0.15) is 271 Å². The van der Waals surface area contributed by atoms with E-state index in [0.717, 1.165) is 32.1 Å². The molecule has 0 saturated carbocycles. The number of aliphatic hydroxyl groups is 1. The maximum atomic E-state index is 12.2. The fraction of sp³-hybridized carbons (Fsp3) is 0.918. The molecule has 0 aliphatic rings. The maximum absolute atomic E-state index is 12.2. The number of allylic oxidation sites excluding steroid dienone is 2. The van der Waals surface area contributed by atoms with Crippen LogP contribution in [0.3, 0.4) is 0 Å². The van der Waals surface area contributed by atoms with Crippen molar-refractivity contribution < 1.29 is 24.2 Å². The van der Waals surface area contributed by atoms with Crippen molar-refractivity contribution in [1.29, 1.82) is 0 Å². The monoisotopic (exact) mass is 763 g/mol. The van der Waals surface area contributed by atoms with Crippen LogP contribution in [0.25, 0.3) is 0 Å². The average molecular weight is 763 g/mol. The number of ether oxygens (including phenoxy) is 2. The van der Waals surface area contributed by atoms with Crippen molar-refractivity contribution in [1.82, 2.24) is 0 Å². The Morgan fingerprint density at radius 1 is 0.407 bits per heavy atom. The molecule has 320 valence electrons. The van der Waals surface area contributed by atoms with Crippen LogP contribution < -0.4 is 0 Å². The molecule has 0 rings (SSSR count). The van der Waals surface area contributed by atoms with Crippen molar-refractivity contribution in [2.24, 2.45) is 0 Å². The summed E-state index contributed by atoms with van der Waals surface area (Å²) in [5.41, 5.74) is 0. The molecule has 0 aromatic rings. The smallest absolute Gasteiger partial charge is 0.306 e. The molecule has 0 heterocycles. The molecule has 0 spiro atoms. The van der Waals surface area contributed by atoms with Gasteiger partial charge in [-0.2, -0.15) is 0 Å². The van der Waals surface area contributed by atoms with E-state index in [1.165, 1.54) is 212 Å². The molecule has 0 fully saturated rings. The number of carbonyl (C=O) groups is 2. The predicted octanol–water partition coefficient (Wildman–Crippen LogP) is 15.6. The summed E-state index contributed by atoms with van der Waals surface area (Å²) >= 11 is 0. The zero-order chi connectivity index (χ0) is 39.3. The summed E-state index contributed by atoms with van der Waals surface area (Å²) in [6, 6.07) is 0. The Bertz CT molecular complexity index is 780. The number of rotatable bonds is 45. The van der Waals surface area contributed by atoms with Crippen LogP contribution in [0.15, 0.2) is 12.2 Å². The van der Waals surface area contributed by atoms with E-state index in [-0.39, 0.29) is 25.2 Å². The van der Waals surface area contributed by atoms with E-state index in [1.54, 1.807) is 0 Å². The number of hydrogen-bond donors (Lipinski definition) is 1. The third-order valence-corrected chi connectivity index (χ3v) is 11.1. The van der Waals surface area contributed by atoms with E-state index in [2.05, 4.69) is 26.0 Å². The Kier molecular flexibility index (Phi) is 44.9. The highest BCUT2D eigenvalue weighted by Crippen LogP contribution is 2.16. The predicted molar refractivity (Wildman–Crippen MR) is 233 cm³/mol. The summed E-state index contributed by atoms with van der Waals surface area (Å²) in [6.45, 7) is 4.18. The van der Waals surface area contributed by atoms with Crippen LogP contribution in [0.5, 0.6) is 0 Å². The molecule has 1 atom stereocenters. The molecule has 0 radical (unpaired) electrons. The van der Waals surface area contributed by atoms with Crippen LogP contribution in [-0.2, 0) is 19.1 Å². The molecule has 5 heteroatoms. The maximum Gasteiger partial charge on any atom is 0.306 e. The summed E-state index contributed by atoms with van der Waals surface area (Å²) in [5.74, 6) is -0.576. The number of hydrogen-bond acceptors (Lipinski definition) is 5. The zero-order valence-corrected chi connectivity index (χ0v) is 36.5. The molecule has 0 aliphatic heterocycles. The Hall–Kier alpha value is -1.36. The van der Waals surface area contributed by atoms with E-state index in [4.69, 9.17) is 9.47 Å². The molecule has 0 aliphatic carbocycles. The van der Waals surface area contributed by atoms with Crippen LogP contribution in [0.4, 0.5) is 0 Å². The third kappa shape index (κ3) is 43.4. The molecular weight excluding hydrogens is 669 g/mol. The summed E-state index contributed by atoms with van der Waals surface area (Å²) in [5, 5.41) is 9.61. The number of carbonyl (C=O) groups excluding carboxylic acids is 2. The summed E-state index contributed by atoms with van der Waals surface area (Å²) in [4.78, 5) is 24.4. The highest BCUT2D eigenvalue weighted by Gasteiger charge is 2.16. The second kappa shape index (κ2) is 46.0. The standard InChI is InChI=1S/C49H94O5/c1-3-5-7-9-11-13-15-17-19-21-23-24-26-27-29-31-33-35-37-39-41-43-48(51)53-46-47(45-50)54-49(52)44-42-40-38-36-34-32-30-28-25-22-20-18-16-14-12-10-8-6-4-2/h18,20,47,50H,3-17,19,21-46H2,1-2H3/b20-18+/t47-/m0/s1. The van der Waals surface area contributed by atoms with Gasteiger partial charge in [-0.15, -0.1) is 0 Å². The minimum Gasteiger partial charge on any atom is -0.462 e. The fourth-order valence-corrected chi connectivity index (χ4v) is 7.38. The fourth-order valence-electron chi connectivity index (χ4n) is 7.38. The topological polar surface area (TPSA) is 72.8 Å². The highest BCUT2D eigenvalue weighted by atomic mass is 16.6. The van der Waals surface area contributed by atoms with E-state index < -0.39 is 6.10 Å². The summed E-state index contributed by atoms with van der Waals surface area (Å²) in [6.07, 6.45) is 54.4. The minimum absolute atomic E-state index is 0.0597. The van der Waals surface area contributed by atoms with Gasteiger partial charge >= 0.3 is 11.9 Å². The summed E-state index contributed by atoms with van der Waals surface area (Å²) < 4.78 is 10.7. The molecule has 0 saturated heterocycles. The number of aliphatic hydroxyl groups excluding tert-OH is 1. The van der Waals surface area contributed by atoms with Crippen LogP contribution in [0.2, 0.25) is 0 Å². The van der Waals surface area contributed by atoms with Gasteiger partial charge in [0.05, 0.1) is 6.61 Å². The second-order valence-electron chi connectivity index (χ2n) is 16.5. The number of esters is 2. The van der Waals surface area contributed by atoms with Crippen LogP contribution in [-0.4, -0.2) is 36.4 Å². The van der Waals surface area contributed by atoms with E-state index >= 15 is 0 Å². The van der Waals surface area contributed by atoms with Gasteiger partial charge in [-0.3, -0.25) is 9.59 Å². The summed E-state index contributed by atoms with van der Waals surface area (Å²) in [7, 11) is 0. The Morgan fingerprint density at radius 3 is 1.00 bits per heavy atom. The molecule has 54 heavy (non-hydrogen) atoms. The highest BCUT2D eigenvalue weighted by molar-refractivity contribution is 5.70. The van der Waals surface area contributed by atoms with Gasteiger partial charge in [0.1, 0.15) is 6.61 Å². The van der Waals surface area contributed by atoms with E-state index in [1.807, 2.05) is 0 Å². The number of unbranched alkanes of at least 4 members (excludes halogenated alkanes) is 35. The van der Waals surface area contributed by atoms with Gasteiger partial charge in [-0.25, -0.2) is 0 Å². The first-order valence-electron chi connectivity index (χ1n) is 24.2. The molecular formula is C49H94O5. The Balaban J connectivity index is 3.46. The first-order valence-corrected chi connectivity index (χ1v) is 24.2. The molecule has 0 aromatic heterocycles. The van der Waals surface area contributed by atoms with Crippen LogP contribution in [0, 0.1) is 0 Å². The quantitative estimate of drug-likeness (QED) is 0.0380. The average Bonchev–Trinajstić information content (AvgIpc) is 3.17. The minimum atomic E-state index is -0.767. The first kappa shape index (κ1) is 52.6. The van der Waals surface area contributed by atoms with Gasteiger partial charge in [-0.1, -0.05) is 231 Å². The third-order valence-electron chi connectivity index (χ3n) is 11.1. The molecule has 0 aromatic carbocycles. The van der Waals surface area contributed by atoms with Gasteiger partial charge < -0.3 is 14.6 Å². The lowest BCUT2D eigenvalue weighted by atomic mass is 10.0. The zero-order valence-electron chi connectivity index (χ0n) is 36.5. The van der Waals surface area contributed by atoms with Gasteiger partial charge in [0, 0.05) is 12.8 Å². The van der Waals surface area contributed by atoms with Crippen molar-refractivity contribution in [2.45, 2.75) is 277 Å².